The first-order chi connectivity index (χ1) is 5.31. The highest BCUT2D eigenvalue weighted by atomic mass is 32.1. The van der Waals surface area contributed by atoms with E-state index in [0.29, 0.717) is 0 Å². The number of thiol groups is 2. The van der Waals surface area contributed by atoms with Gasteiger partial charge in [-0.2, -0.15) is 25.3 Å². The Balaban J connectivity index is 1.96. The van der Waals surface area contributed by atoms with Crippen molar-refractivity contribution < 1.29 is 0 Å². The molecule has 2 bridgehead atoms. The van der Waals surface area contributed by atoms with Gasteiger partial charge >= 0.3 is 0 Å². The second-order valence-corrected chi connectivity index (χ2v) is 5.19. The van der Waals surface area contributed by atoms with Crippen LogP contribution >= 0.6 is 25.3 Å². The van der Waals surface area contributed by atoms with E-state index in [2.05, 4.69) is 25.3 Å². The third kappa shape index (κ3) is 1.44. The molecule has 0 nitrogen and oxygen atoms in total. The molecule has 11 heavy (non-hydrogen) atoms. The van der Waals surface area contributed by atoms with Crippen molar-refractivity contribution in [2.24, 2.45) is 17.8 Å². The molecule has 0 heterocycles. The highest BCUT2D eigenvalue weighted by Gasteiger charge is 2.43. The second-order valence-electron chi connectivity index (χ2n) is 4.08. The Hall–Kier alpha value is 0.700. The molecule has 0 aromatic carbocycles. The van der Waals surface area contributed by atoms with E-state index < -0.39 is 0 Å². The minimum absolute atomic E-state index is 0.721. The van der Waals surface area contributed by atoms with Crippen molar-refractivity contribution in [3.63, 3.8) is 0 Å². The summed E-state index contributed by atoms with van der Waals surface area (Å²) in [6.45, 7) is 0. The van der Waals surface area contributed by atoms with E-state index in [4.69, 9.17) is 0 Å². The lowest BCUT2D eigenvalue weighted by atomic mass is 9.86. The molecule has 64 valence electrons. The molecule has 0 spiro atoms. The van der Waals surface area contributed by atoms with Gasteiger partial charge in [0.2, 0.25) is 0 Å². The van der Waals surface area contributed by atoms with E-state index in [9.17, 15) is 0 Å². The molecule has 4 unspecified atom stereocenters. The van der Waals surface area contributed by atoms with Crippen LogP contribution in [0.3, 0.4) is 0 Å². The van der Waals surface area contributed by atoms with Crippen molar-refractivity contribution in [3.8, 4) is 0 Å². The molecule has 0 aromatic heterocycles. The van der Waals surface area contributed by atoms with E-state index >= 15 is 0 Å². The quantitative estimate of drug-likeness (QED) is 0.612. The van der Waals surface area contributed by atoms with Crippen molar-refractivity contribution in [2.75, 3.05) is 5.75 Å². The summed E-state index contributed by atoms with van der Waals surface area (Å²) in [5, 5.41) is 0.721. The van der Waals surface area contributed by atoms with Gasteiger partial charge in [-0.3, -0.25) is 0 Å². The highest BCUT2D eigenvalue weighted by Crippen LogP contribution is 2.51. The first kappa shape index (κ1) is 8.31. The van der Waals surface area contributed by atoms with Crippen molar-refractivity contribution in [2.45, 2.75) is 30.9 Å². The predicted molar refractivity (Wildman–Crippen MR) is 55.6 cm³/mol. The van der Waals surface area contributed by atoms with Crippen LogP contribution in [-0.2, 0) is 0 Å². The number of hydrogen-bond acceptors (Lipinski definition) is 2. The Labute approximate surface area is 80.0 Å². The number of fused-ring (bicyclic) bond motifs is 2. The fraction of sp³-hybridized carbons (Fsp3) is 1.00. The summed E-state index contributed by atoms with van der Waals surface area (Å²) in [6, 6.07) is 0. The third-order valence-corrected chi connectivity index (χ3v) is 4.27. The zero-order chi connectivity index (χ0) is 7.84. The zero-order valence-corrected chi connectivity index (χ0v) is 8.53. The van der Waals surface area contributed by atoms with E-state index in [1.807, 2.05) is 0 Å². The van der Waals surface area contributed by atoms with Crippen LogP contribution in [0.15, 0.2) is 0 Å². The van der Waals surface area contributed by atoms with Gasteiger partial charge in [0.15, 0.2) is 0 Å². The Morgan fingerprint density at radius 2 is 2.00 bits per heavy atom. The molecule has 0 aromatic rings. The average Bonchev–Trinajstić information content (AvgIpc) is 2.46. The van der Waals surface area contributed by atoms with Gasteiger partial charge in [0.1, 0.15) is 0 Å². The summed E-state index contributed by atoms with van der Waals surface area (Å²) in [5.74, 6) is 3.99. The van der Waals surface area contributed by atoms with Gasteiger partial charge in [-0.15, -0.1) is 0 Å². The minimum atomic E-state index is 0.721. The lowest BCUT2D eigenvalue weighted by Gasteiger charge is -2.25. The first-order valence-corrected chi connectivity index (χ1v) is 5.75. The summed E-state index contributed by atoms with van der Waals surface area (Å²) >= 11 is 8.92. The summed E-state index contributed by atoms with van der Waals surface area (Å²) < 4.78 is 0. The summed E-state index contributed by atoms with van der Waals surface area (Å²) in [6.07, 6.45) is 5.65. The van der Waals surface area contributed by atoms with Crippen LogP contribution in [0.2, 0.25) is 0 Å². The van der Waals surface area contributed by atoms with E-state index in [1.54, 1.807) is 0 Å². The smallest absolute Gasteiger partial charge is 0.00504 e. The van der Waals surface area contributed by atoms with Crippen molar-refractivity contribution in [1.29, 1.82) is 0 Å². The standard InChI is InChI=1S/C9H16S2/c10-2-1-7-3-6-4-8(7)9(11)5-6/h6-11H,1-5H2. The molecule has 4 atom stereocenters. The average molecular weight is 188 g/mol. The van der Waals surface area contributed by atoms with Crippen LogP contribution in [0, 0.1) is 17.8 Å². The molecule has 2 aliphatic rings. The van der Waals surface area contributed by atoms with Crippen LogP contribution < -0.4 is 0 Å². The maximum absolute atomic E-state index is 4.63. The van der Waals surface area contributed by atoms with Gasteiger partial charge in [-0.1, -0.05) is 0 Å². The molecule has 0 N–H and O–H groups in total. The topological polar surface area (TPSA) is 0 Å². The highest BCUT2D eigenvalue weighted by molar-refractivity contribution is 7.81. The molecule has 2 saturated carbocycles. The predicted octanol–water partition coefficient (Wildman–Crippen LogP) is 2.65. The fourth-order valence-electron chi connectivity index (χ4n) is 2.95. The summed E-state index contributed by atoms with van der Waals surface area (Å²) in [7, 11) is 0. The van der Waals surface area contributed by atoms with Crippen LogP contribution in [0.5, 0.6) is 0 Å². The number of hydrogen-bond donors (Lipinski definition) is 2. The Bertz CT molecular complexity index is 146. The molecular weight excluding hydrogens is 172 g/mol. The molecule has 2 fully saturated rings. The molecule has 0 radical (unpaired) electrons. The second kappa shape index (κ2) is 3.21. The fourth-order valence-corrected chi connectivity index (χ4v) is 3.95. The number of rotatable bonds is 2. The SMILES string of the molecule is SCCC1CC2CC(S)C1C2. The third-order valence-electron chi connectivity index (χ3n) is 3.42. The lowest BCUT2D eigenvalue weighted by Crippen LogP contribution is -2.20. The maximum atomic E-state index is 4.63. The van der Waals surface area contributed by atoms with Gasteiger partial charge in [-0.05, 0) is 49.2 Å². The van der Waals surface area contributed by atoms with Gasteiger partial charge in [0.25, 0.3) is 0 Å². The Morgan fingerprint density at radius 3 is 2.55 bits per heavy atom. The Kier molecular flexibility index (Phi) is 2.43. The molecule has 2 heteroatoms. The summed E-state index contributed by atoms with van der Waals surface area (Å²) in [4.78, 5) is 0. The van der Waals surface area contributed by atoms with Crippen molar-refractivity contribution in [3.05, 3.63) is 0 Å². The van der Waals surface area contributed by atoms with Crippen molar-refractivity contribution >= 4 is 25.3 Å². The van der Waals surface area contributed by atoms with Crippen LogP contribution in [0.1, 0.15) is 25.7 Å². The molecule has 0 amide bonds. The normalized spacial score (nSPS) is 48.5. The molecule has 0 saturated heterocycles. The minimum Gasteiger partial charge on any atom is -0.179 e. The Morgan fingerprint density at radius 1 is 1.18 bits per heavy atom. The van der Waals surface area contributed by atoms with Crippen LogP contribution in [0.4, 0.5) is 0 Å². The van der Waals surface area contributed by atoms with E-state index in [1.165, 1.54) is 25.7 Å². The zero-order valence-electron chi connectivity index (χ0n) is 6.74. The first-order valence-electron chi connectivity index (χ1n) is 4.60. The van der Waals surface area contributed by atoms with Gasteiger partial charge in [-0.25, -0.2) is 0 Å². The summed E-state index contributed by atoms with van der Waals surface area (Å²) in [5.41, 5.74) is 0. The maximum Gasteiger partial charge on any atom is 0.00504 e. The molecule has 2 rings (SSSR count). The van der Waals surface area contributed by atoms with Crippen LogP contribution in [0.25, 0.3) is 0 Å². The van der Waals surface area contributed by atoms with Gasteiger partial charge < -0.3 is 0 Å². The largest absolute Gasteiger partial charge is 0.179 e. The van der Waals surface area contributed by atoms with Crippen molar-refractivity contribution in [1.82, 2.24) is 0 Å². The molecule has 2 aliphatic carbocycles. The molecule has 0 aliphatic heterocycles. The van der Waals surface area contributed by atoms with E-state index in [0.717, 1.165) is 28.8 Å². The lowest BCUT2D eigenvalue weighted by molar-refractivity contribution is 0.336. The van der Waals surface area contributed by atoms with E-state index in [-0.39, 0.29) is 0 Å². The van der Waals surface area contributed by atoms with Gasteiger partial charge in [0, 0.05) is 5.25 Å². The van der Waals surface area contributed by atoms with Crippen LogP contribution in [-0.4, -0.2) is 11.0 Å². The van der Waals surface area contributed by atoms with Gasteiger partial charge in [0.05, 0.1) is 0 Å². The molecular formula is C9H16S2. The monoisotopic (exact) mass is 188 g/mol.